The zero-order chi connectivity index (χ0) is 12.0. The van der Waals surface area contributed by atoms with Crippen molar-refractivity contribution in [3.63, 3.8) is 0 Å². The molecule has 0 aliphatic rings. The first-order chi connectivity index (χ1) is 7.67. The van der Waals surface area contributed by atoms with E-state index in [9.17, 15) is 9.18 Å². The zero-order valence-electron chi connectivity index (χ0n) is 9.10. The van der Waals surface area contributed by atoms with E-state index >= 15 is 0 Å². The summed E-state index contributed by atoms with van der Waals surface area (Å²) in [6, 6.07) is 7.00. The molecule has 0 saturated carbocycles. The predicted molar refractivity (Wildman–Crippen MR) is 59.9 cm³/mol. The van der Waals surface area contributed by atoms with Gasteiger partial charge in [0.15, 0.2) is 0 Å². The summed E-state index contributed by atoms with van der Waals surface area (Å²) in [6.07, 6.45) is 0. The maximum atomic E-state index is 13.4. The van der Waals surface area contributed by atoms with Gasteiger partial charge in [0.25, 0.3) is 0 Å². The number of rotatable bonds is 5. The van der Waals surface area contributed by atoms with Gasteiger partial charge < -0.3 is 0 Å². The first-order valence-corrected chi connectivity index (χ1v) is 6.63. The molecule has 0 aliphatic carbocycles. The molecule has 0 bridgehead atoms. The topological polar surface area (TPSA) is 35.5 Å². The monoisotopic (exact) mass is 292 g/mol. The maximum absolute atomic E-state index is 13.4. The van der Waals surface area contributed by atoms with Crippen LogP contribution < -0.4 is 9.20 Å². The number of hydrogen-bond donors (Lipinski definition) is 0. The van der Waals surface area contributed by atoms with Crippen LogP contribution in [0.2, 0.25) is 0 Å². The molecule has 0 fully saturated rings. The second-order valence-corrected chi connectivity index (χ2v) is 5.21. The van der Waals surface area contributed by atoms with Crippen LogP contribution in [0.5, 0.6) is 5.75 Å². The normalized spacial score (nSPS) is 11.9. The summed E-state index contributed by atoms with van der Waals surface area (Å²) in [5.74, 6) is -0.0654. The molecule has 0 radical (unpaired) electrons. The molecule has 0 saturated heterocycles. The van der Waals surface area contributed by atoms with Crippen LogP contribution in [0.15, 0.2) is 24.3 Å². The fraction of sp³-hybridized carbons (Fsp3) is 0.364. The van der Waals surface area contributed by atoms with Gasteiger partial charge in [0, 0.05) is 0 Å². The number of hydrogen-bond acceptors (Lipinski definition) is 3. The van der Waals surface area contributed by atoms with E-state index in [1.165, 1.54) is 0 Å². The van der Waals surface area contributed by atoms with Gasteiger partial charge in [-0.15, -0.1) is 0 Å². The molecular formula is C11H13FO3Se. The molecule has 1 aromatic carbocycles. The van der Waals surface area contributed by atoms with E-state index in [0.29, 0.717) is 5.75 Å². The van der Waals surface area contributed by atoms with Gasteiger partial charge in [-0.2, -0.15) is 0 Å². The van der Waals surface area contributed by atoms with Crippen LogP contribution >= 0.6 is 0 Å². The summed E-state index contributed by atoms with van der Waals surface area (Å²) in [5.41, 5.74) is 0. The molecular weight excluding hydrogens is 278 g/mol. The van der Waals surface area contributed by atoms with Crippen LogP contribution in [0.25, 0.3) is 0 Å². The third-order valence-corrected chi connectivity index (χ3v) is 3.75. The van der Waals surface area contributed by atoms with Crippen molar-refractivity contribution in [1.29, 1.82) is 0 Å². The molecule has 88 valence electrons. The van der Waals surface area contributed by atoms with E-state index in [1.807, 2.05) is 0 Å². The summed E-state index contributed by atoms with van der Waals surface area (Å²) in [5, 5.41) is -1.54. The number of esters is 1. The average molecular weight is 291 g/mol. The van der Waals surface area contributed by atoms with Gasteiger partial charge in [-0.05, 0) is 0 Å². The Labute approximate surface area is 100 Å². The summed E-state index contributed by atoms with van der Waals surface area (Å²) < 4.78 is 23.8. The van der Waals surface area contributed by atoms with Crippen LogP contribution in [0.3, 0.4) is 0 Å². The van der Waals surface area contributed by atoms with Crippen LogP contribution in [0, 0.1) is 0 Å². The van der Waals surface area contributed by atoms with Gasteiger partial charge in [0.1, 0.15) is 0 Å². The van der Waals surface area contributed by atoms with Crippen molar-refractivity contribution in [2.45, 2.75) is 12.0 Å². The number of carbonyl (C=O) groups is 1. The van der Waals surface area contributed by atoms with Crippen LogP contribution in [-0.2, 0) is 9.53 Å². The molecule has 0 spiro atoms. The standard InChI is InChI=1S/C11H13FO3Se/c1-3-15-11(13)10(12)16-9-6-4-8(14-2)5-7-9/h4-7,10H,3H2,1-2H3. The second kappa shape index (κ2) is 6.51. The van der Waals surface area contributed by atoms with E-state index in [4.69, 9.17) is 4.74 Å². The van der Waals surface area contributed by atoms with Crippen molar-refractivity contribution in [3.05, 3.63) is 24.3 Å². The van der Waals surface area contributed by atoms with Crippen molar-refractivity contribution in [1.82, 2.24) is 0 Å². The molecule has 1 atom stereocenters. The predicted octanol–water partition coefficient (Wildman–Crippen LogP) is 0.883. The van der Waals surface area contributed by atoms with E-state index in [1.54, 1.807) is 38.3 Å². The number of carbonyl (C=O) groups excluding carboxylic acids is 1. The summed E-state index contributed by atoms with van der Waals surface area (Å²) >= 11 is -0.557. The summed E-state index contributed by atoms with van der Waals surface area (Å²) in [6.45, 7) is 1.86. The molecule has 0 amide bonds. The number of alkyl halides is 1. The Kier molecular flexibility index (Phi) is 5.29. The fourth-order valence-corrected chi connectivity index (χ4v) is 2.49. The fourth-order valence-electron chi connectivity index (χ4n) is 1.03. The van der Waals surface area contributed by atoms with Gasteiger partial charge in [-0.3, -0.25) is 0 Å². The van der Waals surface area contributed by atoms with Crippen molar-refractivity contribution in [3.8, 4) is 5.75 Å². The Balaban J connectivity index is 2.55. The van der Waals surface area contributed by atoms with Crippen LogP contribution in [0.4, 0.5) is 4.39 Å². The van der Waals surface area contributed by atoms with Crippen LogP contribution in [0.1, 0.15) is 6.92 Å². The van der Waals surface area contributed by atoms with E-state index in [2.05, 4.69) is 4.74 Å². The summed E-state index contributed by atoms with van der Waals surface area (Å²) in [7, 11) is 1.57. The van der Waals surface area contributed by atoms with Gasteiger partial charge in [0.2, 0.25) is 0 Å². The molecule has 0 heterocycles. The number of halogens is 1. The third kappa shape index (κ3) is 3.83. The first-order valence-electron chi connectivity index (χ1n) is 4.78. The molecule has 5 heteroatoms. The van der Waals surface area contributed by atoms with Crippen molar-refractivity contribution >= 4 is 25.4 Å². The Morgan fingerprint density at radius 2 is 2.06 bits per heavy atom. The Hall–Kier alpha value is -1.06. The van der Waals surface area contributed by atoms with Crippen LogP contribution in [-0.4, -0.2) is 39.7 Å². The quantitative estimate of drug-likeness (QED) is 0.597. The number of ether oxygens (including phenoxy) is 2. The zero-order valence-corrected chi connectivity index (χ0v) is 10.8. The second-order valence-electron chi connectivity index (χ2n) is 2.86. The van der Waals surface area contributed by atoms with E-state index < -0.39 is 26.0 Å². The minimum atomic E-state index is -1.54. The Bertz CT molecular complexity index is 340. The van der Waals surface area contributed by atoms with Gasteiger partial charge in [-0.1, -0.05) is 0 Å². The SMILES string of the molecule is CCOC(=O)C(F)[Se]c1ccc(OC)cc1. The molecule has 3 nitrogen and oxygen atoms in total. The minimum absolute atomic E-state index is 0.206. The van der Waals surface area contributed by atoms with Crippen molar-refractivity contribution in [2.75, 3.05) is 13.7 Å². The number of methoxy groups -OCH3 is 1. The molecule has 0 N–H and O–H groups in total. The summed E-state index contributed by atoms with van der Waals surface area (Å²) in [4.78, 5) is 11.1. The number of benzene rings is 1. The molecule has 1 aromatic rings. The molecule has 1 rings (SSSR count). The first kappa shape index (κ1) is 13.0. The molecule has 0 aliphatic heterocycles. The molecule has 16 heavy (non-hydrogen) atoms. The van der Waals surface area contributed by atoms with E-state index in [0.717, 1.165) is 4.46 Å². The van der Waals surface area contributed by atoms with Gasteiger partial charge >= 0.3 is 99.8 Å². The van der Waals surface area contributed by atoms with Gasteiger partial charge in [-0.25, -0.2) is 0 Å². The molecule has 0 aromatic heterocycles. The average Bonchev–Trinajstić information content (AvgIpc) is 2.30. The third-order valence-electron chi connectivity index (χ3n) is 1.77. The van der Waals surface area contributed by atoms with Crippen molar-refractivity contribution in [2.24, 2.45) is 0 Å². The van der Waals surface area contributed by atoms with Crippen molar-refractivity contribution < 1.29 is 18.7 Å². The van der Waals surface area contributed by atoms with E-state index in [-0.39, 0.29) is 6.61 Å². The Morgan fingerprint density at radius 3 is 2.56 bits per heavy atom. The van der Waals surface area contributed by atoms with Gasteiger partial charge in [0.05, 0.1) is 0 Å². The Morgan fingerprint density at radius 1 is 1.44 bits per heavy atom. The molecule has 1 unspecified atom stereocenters.